The monoisotopic (exact) mass is 195 g/mol. The van der Waals surface area contributed by atoms with Gasteiger partial charge < -0.3 is 0 Å². The Morgan fingerprint density at radius 2 is 2.36 bits per heavy atom. The molecule has 2 amide bonds. The van der Waals surface area contributed by atoms with Gasteiger partial charge in [0.25, 0.3) is 0 Å². The molecule has 2 atom stereocenters. The molecule has 0 saturated carbocycles. The van der Waals surface area contributed by atoms with E-state index in [1.165, 1.54) is 0 Å². The Kier molecular flexibility index (Phi) is 3.20. The predicted molar refractivity (Wildman–Crippen MR) is 49.0 cm³/mol. The van der Waals surface area contributed by atoms with Crippen LogP contribution in [-0.2, 0) is 9.59 Å². The van der Waals surface area contributed by atoms with E-state index in [0.29, 0.717) is 6.54 Å². The topological polar surface area (TPSA) is 73.2 Å². The number of piperazine rings is 1. The Morgan fingerprint density at radius 1 is 1.71 bits per heavy atom. The third-order valence-corrected chi connectivity index (χ3v) is 2.27. The first-order valence-corrected chi connectivity index (χ1v) is 4.52. The Morgan fingerprint density at radius 3 is 2.93 bits per heavy atom. The second kappa shape index (κ2) is 4.20. The van der Waals surface area contributed by atoms with Crippen LogP contribution >= 0.6 is 0 Å². The second-order valence-corrected chi connectivity index (χ2v) is 3.55. The lowest BCUT2D eigenvalue weighted by atomic mass is 10.1. The molecule has 5 heteroatoms. The first-order chi connectivity index (χ1) is 6.54. The minimum absolute atomic E-state index is 0.170. The molecular formula is C9H13N3O2. The van der Waals surface area contributed by atoms with Crippen molar-refractivity contribution in [1.82, 2.24) is 10.2 Å². The maximum absolute atomic E-state index is 11.2. The van der Waals surface area contributed by atoms with Crippen molar-refractivity contribution in [3.8, 4) is 6.07 Å². The summed E-state index contributed by atoms with van der Waals surface area (Å²) in [5, 5.41) is 10.9. The SMILES string of the molecule is CC(C#N)CN1CC(=O)NC(=O)C1C. The highest BCUT2D eigenvalue weighted by Gasteiger charge is 2.30. The van der Waals surface area contributed by atoms with Gasteiger partial charge in [0.2, 0.25) is 11.8 Å². The average Bonchev–Trinajstić information content (AvgIpc) is 2.13. The van der Waals surface area contributed by atoms with E-state index < -0.39 is 0 Å². The van der Waals surface area contributed by atoms with E-state index in [4.69, 9.17) is 5.26 Å². The van der Waals surface area contributed by atoms with Crippen molar-refractivity contribution in [2.24, 2.45) is 5.92 Å². The quantitative estimate of drug-likeness (QED) is 0.602. The number of hydrogen-bond donors (Lipinski definition) is 1. The Hall–Kier alpha value is -1.41. The minimum atomic E-state index is -0.330. The summed E-state index contributed by atoms with van der Waals surface area (Å²) < 4.78 is 0. The lowest BCUT2D eigenvalue weighted by Gasteiger charge is -2.31. The summed E-state index contributed by atoms with van der Waals surface area (Å²) >= 11 is 0. The summed E-state index contributed by atoms with van der Waals surface area (Å²) in [6.07, 6.45) is 0. The van der Waals surface area contributed by atoms with E-state index in [-0.39, 0.29) is 30.3 Å². The fourth-order valence-corrected chi connectivity index (χ4v) is 1.38. The van der Waals surface area contributed by atoms with Crippen molar-refractivity contribution in [3.05, 3.63) is 0 Å². The lowest BCUT2D eigenvalue weighted by Crippen LogP contribution is -2.57. The molecule has 76 valence electrons. The number of hydrogen-bond acceptors (Lipinski definition) is 4. The van der Waals surface area contributed by atoms with E-state index in [1.54, 1.807) is 18.7 Å². The molecule has 0 spiro atoms. The van der Waals surface area contributed by atoms with E-state index in [0.717, 1.165) is 0 Å². The molecular weight excluding hydrogens is 182 g/mol. The van der Waals surface area contributed by atoms with Crippen LogP contribution in [0, 0.1) is 17.2 Å². The zero-order valence-electron chi connectivity index (χ0n) is 8.28. The largest absolute Gasteiger partial charge is 0.294 e. The van der Waals surface area contributed by atoms with E-state index in [2.05, 4.69) is 11.4 Å². The highest BCUT2D eigenvalue weighted by molar-refractivity contribution is 6.00. The number of nitriles is 1. The molecule has 1 heterocycles. The van der Waals surface area contributed by atoms with Crippen molar-refractivity contribution in [3.63, 3.8) is 0 Å². The molecule has 0 radical (unpaired) electrons. The van der Waals surface area contributed by atoms with E-state index in [1.807, 2.05) is 0 Å². The van der Waals surface area contributed by atoms with Crippen molar-refractivity contribution in [2.45, 2.75) is 19.9 Å². The highest BCUT2D eigenvalue weighted by Crippen LogP contribution is 2.07. The van der Waals surface area contributed by atoms with Crippen molar-refractivity contribution >= 4 is 11.8 Å². The molecule has 0 aromatic rings. The molecule has 14 heavy (non-hydrogen) atoms. The maximum atomic E-state index is 11.2. The molecule has 0 aromatic heterocycles. The third kappa shape index (κ3) is 2.30. The first-order valence-electron chi connectivity index (χ1n) is 4.52. The Labute approximate surface area is 82.7 Å². The zero-order valence-corrected chi connectivity index (χ0v) is 8.28. The summed E-state index contributed by atoms with van der Waals surface area (Å²) in [5.41, 5.74) is 0. The van der Waals surface area contributed by atoms with Gasteiger partial charge in [-0.15, -0.1) is 0 Å². The van der Waals surface area contributed by atoms with Gasteiger partial charge in [0.05, 0.1) is 24.6 Å². The number of nitrogens with zero attached hydrogens (tertiary/aromatic N) is 2. The number of imide groups is 1. The van der Waals surface area contributed by atoms with Crippen LogP contribution in [0.25, 0.3) is 0 Å². The normalized spacial score (nSPS) is 25.4. The second-order valence-electron chi connectivity index (χ2n) is 3.55. The molecule has 1 N–H and O–H groups in total. The molecule has 5 nitrogen and oxygen atoms in total. The van der Waals surface area contributed by atoms with Crippen LogP contribution in [0.4, 0.5) is 0 Å². The molecule has 1 aliphatic heterocycles. The average molecular weight is 195 g/mol. The Bertz CT molecular complexity index is 295. The van der Waals surface area contributed by atoms with Gasteiger partial charge in [-0.1, -0.05) is 0 Å². The van der Waals surface area contributed by atoms with Crippen molar-refractivity contribution in [2.75, 3.05) is 13.1 Å². The third-order valence-electron chi connectivity index (χ3n) is 2.27. The van der Waals surface area contributed by atoms with Gasteiger partial charge in [-0.05, 0) is 13.8 Å². The molecule has 2 unspecified atom stereocenters. The predicted octanol–water partition coefficient (Wildman–Crippen LogP) is -0.507. The fourth-order valence-electron chi connectivity index (χ4n) is 1.38. The minimum Gasteiger partial charge on any atom is -0.294 e. The van der Waals surface area contributed by atoms with Crippen LogP contribution in [-0.4, -0.2) is 35.8 Å². The van der Waals surface area contributed by atoms with Gasteiger partial charge in [-0.3, -0.25) is 19.8 Å². The van der Waals surface area contributed by atoms with Gasteiger partial charge in [0.15, 0.2) is 0 Å². The lowest BCUT2D eigenvalue weighted by molar-refractivity contribution is -0.139. The number of carbonyl (C=O) groups excluding carboxylic acids is 2. The van der Waals surface area contributed by atoms with Crippen LogP contribution < -0.4 is 5.32 Å². The van der Waals surface area contributed by atoms with Crippen LogP contribution in [0.3, 0.4) is 0 Å². The van der Waals surface area contributed by atoms with Crippen LogP contribution in [0.15, 0.2) is 0 Å². The molecule has 0 aromatic carbocycles. The Balaban J connectivity index is 2.63. The van der Waals surface area contributed by atoms with Gasteiger partial charge in [0, 0.05) is 6.54 Å². The highest BCUT2D eigenvalue weighted by atomic mass is 16.2. The summed E-state index contributed by atoms with van der Waals surface area (Å²) in [5.74, 6) is -0.749. The van der Waals surface area contributed by atoms with Gasteiger partial charge in [-0.2, -0.15) is 5.26 Å². The molecule has 1 rings (SSSR count). The number of carbonyl (C=O) groups is 2. The molecule has 0 bridgehead atoms. The summed E-state index contributed by atoms with van der Waals surface area (Å²) in [6, 6.07) is 1.75. The van der Waals surface area contributed by atoms with Crippen molar-refractivity contribution in [1.29, 1.82) is 5.26 Å². The number of rotatable bonds is 2. The number of nitrogens with one attached hydrogen (secondary N) is 1. The van der Waals surface area contributed by atoms with Crippen molar-refractivity contribution < 1.29 is 9.59 Å². The number of amides is 2. The van der Waals surface area contributed by atoms with Crippen LogP contribution in [0.5, 0.6) is 0 Å². The first kappa shape index (κ1) is 10.7. The van der Waals surface area contributed by atoms with Gasteiger partial charge in [-0.25, -0.2) is 0 Å². The van der Waals surface area contributed by atoms with Gasteiger partial charge >= 0.3 is 0 Å². The van der Waals surface area contributed by atoms with Crippen LogP contribution in [0.2, 0.25) is 0 Å². The smallest absolute Gasteiger partial charge is 0.243 e. The molecule has 0 aliphatic carbocycles. The summed E-state index contributed by atoms with van der Waals surface area (Å²) in [6.45, 7) is 4.14. The molecule has 1 aliphatic rings. The molecule has 1 fully saturated rings. The standard InChI is InChI=1S/C9H13N3O2/c1-6(3-10)4-12-5-8(13)11-9(14)7(12)2/h6-7H,4-5H2,1-2H3,(H,11,13,14). The summed E-state index contributed by atoms with van der Waals surface area (Å²) in [7, 11) is 0. The van der Waals surface area contributed by atoms with E-state index >= 15 is 0 Å². The van der Waals surface area contributed by atoms with E-state index in [9.17, 15) is 9.59 Å². The molecule has 1 saturated heterocycles. The van der Waals surface area contributed by atoms with Gasteiger partial charge in [0.1, 0.15) is 0 Å². The fraction of sp³-hybridized carbons (Fsp3) is 0.667. The zero-order chi connectivity index (χ0) is 10.7. The maximum Gasteiger partial charge on any atom is 0.243 e. The van der Waals surface area contributed by atoms with Crippen LogP contribution in [0.1, 0.15) is 13.8 Å². The summed E-state index contributed by atoms with van der Waals surface area (Å²) in [4.78, 5) is 24.0.